The number of hydrogen-bond acceptors (Lipinski definition) is 5. The quantitative estimate of drug-likeness (QED) is 0.204. The minimum atomic E-state index is -0.000412. The summed E-state index contributed by atoms with van der Waals surface area (Å²) in [6.45, 7) is 2.14. The molecule has 6 rings (SSSR count). The zero-order valence-electron chi connectivity index (χ0n) is 21.6. The molecule has 0 bridgehead atoms. The smallest absolute Gasteiger partial charge is 0.257 e. The Morgan fingerprint density at radius 2 is 1.73 bits per heavy atom. The van der Waals surface area contributed by atoms with Gasteiger partial charge < -0.3 is 15.0 Å². The first kappa shape index (κ1) is 26.3. The number of amides is 1. The molecule has 9 heteroatoms. The van der Waals surface area contributed by atoms with Gasteiger partial charge in [-0.25, -0.2) is 4.98 Å². The summed E-state index contributed by atoms with van der Waals surface area (Å²) < 4.78 is 8.64. The minimum absolute atomic E-state index is 0.000412. The highest BCUT2D eigenvalue weighted by molar-refractivity contribution is 9.10. The number of aromatic nitrogens is 3. The van der Waals surface area contributed by atoms with E-state index in [1.54, 1.807) is 10.7 Å². The van der Waals surface area contributed by atoms with E-state index in [0.29, 0.717) is 41.1 Å². The number of anilines is 1. The van der Waals surface area contributed by atoms with E-state index < -0.39 is 0 Å². The number of hydrogen-bond donors (Lipinski definition) is 1. The topological polar surface area (TPSA) is 71.8 Å². The number of nitrogens with one attached hydrogen (secondary N) is 1. The number of fused-ring (bicyclic) bond motifs is 1. The van der Waals surface area contributed by atoms with Crippen LogP contribution in [0, 0.1) is 5.92 Å². The van der Waals surface area contributed by atoms with Gasteiger partial charge >= 0.3 is 0 Å². The van der Waals surface area contributed by atoms with Crippen LogP contribution in [0.2, 0.25) is 5.02 Å². The summed E-state index contributed by atoms with van der Waals surface area (Å²) >= 11 is 10.0. The van der Waals surface area contributed by atoms with Crippen LogP contribution in [0.3, 0.4) is 0 Å². The third-order valence-corrected chi connectivity index (χ3v) is 8.03. The molecule has 1 aliphatic heterocycles. The summed E-state index contributed by atoms with van der Waals surface area (Å²) in [6, 6.07) is 26.6. The number of rotatable bonds is 7. The molecule has 1 N–H and O–H groups in total. The van der Waals surface area contributed by atoms with E-state index >= 15 is 0 Å². The van der Waals surface area contributed by atoms with E-state index in [2.05, 4.69) is 26.3 Å². The Labute approximate surface area is 245 Å². The summed E-state index contributed by atoms with van der Waals surface area (Å²) in [5, 5.41) is 8.73. The van der Waals surface area contributed by atoms with Crippen LogP contribution >= 0.6 is 27.5 Å². The number of ether oxygens (including phenoxy) is 1. The molecule has 1 fully saturated rings. The lowest BCUT2D eigenvalue weighted by atomic mass is 9.96. The van der Waals surface area contributed by atoms with Crippen LogP contribution in [-0.4, -0.2) is 45.0 Å². The van der Waals surface area contributed by atoms with E-state index in [1.165, 1.54) is 0 Å². The Morgan fingerprint density at radius 3 is 2.52 bits per heavy atom. The van der Waals surface area contributed by atoms with Crippen LogP contribution in [0.1, 0.15) is 23.2 Å². The molecule has 40 heavy (non-hydrogen) atoms. The summed E-state index contributed by atoms with van der Waals surface area (Å²) in [4.78, 5) is 20.2. The van der Waals surface area contributed by atoms with Gasteiger partial charge in [-0.3, -0.25) is 4.79 Å². The number of nitrogens with zero attached hydrogens (tertiary/aromatic N) is 4. The number of piperidine rings is 1. The molecule has 1 aliphatic rings. The molecule has 202 valence electrons. The maximum absolute atomic E-state index is 13.4. The summed E-state index contributed by atoms with van der Waals surface area (Å²) in [6.07, 6.45) is 3.54. The van der Waals surface area contributed by atoms with Crippen molar-refractivity contribution < 1.29 is 9.53 Å². The third-order valence-electron chi connectivity index (χ3n) is 7.14. The lowest BCUT2D eigenvalue weighted by Crippen LogP contribution is -2.40. The molecule has 3 aromatic carbocycles. The van der Waals surface area contributed by atoms with Crippen LogP contribution in [0.15, 0.2) is 95.6 Å². The monoisotopic (exact) mass is 615 g/mol. The van der Waals surface area contributed by atoms with Crippen molar-refractivity contribution in [3.05, 3.63) is 106 Å². The second kappa shape index (κ2) is 11.7. The van der Waals surface area contributed by atoms with Gasteiger partial charge in [0.25, 0.3) is 5.91 Å². The van der Waals surface area contributed by atoms with Crippen molar-refractivity contribution >= 4 is 44.9 Å². The SMILES string of the molecule is O=C(c1ccccc1Oc1ccccc1)N1CCC(CNc2cc(-c3ccccc3Cl)nc3c(Br)cnn23)CC1. The molecular weight excluding hydrogens is 590 g/mol. The van der Waals surface area contributed by atoms with E-state index in [0.717, 1.165) is 46.6 Å². The van der Waals surface area contributed by atoms with Crippen molar-refractivity contribution in [2.75, 3.05) is 25.0 Å². The molecule has 0 spiro atoms. The van der Waals surface area contributed by atoms with Crippen LogP contribution in [0.4, 0.5) is 5.82 Å². The molecule has 0 saturated carbocycles. The number of para-hydroxylation sites is 2. The van der Waals surface area contributed by atoms with Crippen molar-refractivity contribution in [1.82, 2.24) is 19.5 Å². The van der Waals surface area contributed by atoms with Gasteiger partial charge in [0.1, 0.15) is 17.3 Å². The van der Waals surface area contributed by atoms with Gasteiger partial charge in [-0.05, 0) is 65.0 Å². The Hall–Kier alpha value is -3.88. The second-order valence-corrected chi connectivity index (χ2v) is 11.0. The Kier molecular flexibility index (Phi) is 7.71. The first-order valence-corrected chi connectivity index (χ1v) is 14.4. The number of benzene rings is 3. The summed E-state index contributed by atoms with van der Waals surface area (Å²) in [5.41, 5.74) is 2.94. The van der Waals surface area contributed by atoms with Gasteiger partial charge in [-0.2, -0.15) is 9.61 Å². The molecule has 2 aromatic heterocycles. The maximum atomic E-state index is 13.4. The van der Waals surface area contributed by atoms with Gasteiger partial charge in [0.2, 0.25) is 0 Å². The fourth-order valence-electron chi connectivity index (χ4n) is 4.98. The van der Waals surface area contributed by atoms with Crippen LogP contribution in [0.25, 0.3) is 16.9 Å². The van der Waals surface area contributed by atoms with E-state index in [1.807, 2.05) is 89.8 Å². The van der Waals surface area contributed by atoms with E-state index in [-0.39, 0.29) is 5.91 Å². The summed E-state index contributed by atoms with van der Waals surface area (Å²) in [7, 11) is 0. The van der Waals surface area contributed by atoms with Crippen LogP contribution in [0.5, 0.6) is 11.5 Å². The Balaban J connectivity index is 1.12. The molecule has 5 aromatic rings. The van der Waals surface area contributed by atoms with Crippen molar-refractivity contribution in [3.8, 4) is 22.8 Å². The molecular formula is C31H27BrClN5O2. The predicted octanol–water partition coefficient (Wildman–Crippen LogP) is 7.57. The van der Waals surface area contributed by atoms with Crippen molar-refractivity contribution in [3.63, 3.8) is 0 Å². The molecule has 7 nitrogen and oxygen atoms in total. The largest absolute Gasteiger partial charge is 0.457 e. The highest BCUT2D eigenvalue weighted by Gasteiger charge is 2.26. The highest BCUT2D eigenvalue weighted by atomic mass is 79.9. The Bertz CT molecular complexity index is 1650. The van der Waals surface area contributed by atoms with Gasteiger partial charge in [0, 0.05) is 36.3 Å². The molecule has 1 saturated heterocycles. The number of carbonyl (C=O) groups excluding carboxylic acids is 1. The third kappa shape index (κ3) is 5.55. The second-order valence-electron chi connectivity index (χ2n) is 9.76. The van der Waals surface area contributed by atoms with Gasteiger partial charge in [0.15, 0.2) is 5.65 Å². The fraction of sp³-hybridized carbons (Fsp3) is 0.194. The molecule has 0 unspecified atom stereocenters. The fourth-order valence-corrected chi connectivity index (χ4v) is 5.56. The zero-order valence-corrected chi connectivity index (χ0v) is 24.0. The minimum Gasteiger partial charge on any atom is -0.457 e. The van der Waals surface area contributed by atoms with E-state index in [4.69, 9.17) is 21.3 Å². The van der Waals surface area contributed by atoms with Crippen LogP contribution in [-0.2, 0) is 0 Å². The predicted molar refractivity (Wildman–Crippen MR) is 161 cm³/mol. The normalized spacial score (nSPS) is 13.9. The first-order valence-electron chi connectivity index (χ1n) is 13.2. The summed E-state index contributed by atoms with van der Waals surface area (Å²) in [5.74, 6) is 2.53. The van der Waals surface area contributed by atoms with Gasteiger partial charge in [-0.15, -0.1) is 0 Å². The number of carbonyl (C=O) groups is 1. The van der Waals surface area contributed by atoms with Gasteiger partial charge in [-0.1, -0.05) is 60.1 Å². The van der Waals surface area contributed by atoms with Crippen molar-refractivity contribution in [2.24, 2.45) is 5.92 Å². The number of likely N-dealkylation sites (tertiary alicyclic amines) is 1. The molecule has 0 aliphatic carbocycles. The standard InChI is InChI=1S/C31H27BrClN5O2/c32-25-20-35-38-29(18-27(36-30(25)38)23-10-4-6-12-26(23)33)34-19-21-14-16-37(17-15-21)31(39)24-11-5-7-13-28(24)40-22-8-2-1-3-9-22/h1-13,18,20-21,34H,14-17,19H2. The van der Waals surface area contributed by atoms with Crippen LogP contribution < -0.4 is 10.1 Å². The average molecular weight is 617 g/mol. The van der Waals surface area contributed by atoms with Crippen molar-refractivity contribution in [2.45, 2.75) is 12.8 Å². The van der Waals surface area contributed by atoms with Crippen molar-refractivity contribution in [1.29, 1.82) is 0 Å². The number of halogens is 2. The van der Waals surface area contributed by atoms with Gasteiger partial charge in [0.05, 0.1) is 21.9 Å². The molecule has 0 radical (unpaired) electrons. The zero-order chi connectivity index (χ0) is 27.5. The molecule has 1 amide bonds. The lowest BCUT2D eigenvalue weighted by Gasteiger charge is -2.32. The average Bonchev–Trinajstić information content (AvgIpc) is 3.37. The molecule has 0 atom stereocenters. The Morgan fingerprint density at radius 1 is 1.00 bits per heavy atom. The molecule has 3 heterocycles. The maximum Gasteiger partial charge on any atom is 0.257 e. The first-order chi connectivity index (χ1) is 19.6. The highest BCUT2D eigenvalue weighted by Crippen LogP contribution is 2.31. The van der Waals surface area contributed by atoms with E-state index in [9.17, 15) is 4.79 Å². The lowest BCUT2D eigenvalue weighted by molar-refractivity contribution is 0.0692.